The van der Waals surface area contributed by atoms with Crippen LogP contribution in [0.15, 0.2) is 69.5 Å². The number of thiophene rings is 1. The van der Waals surface area contributed by atoms with Crippen LogP contribution < -0.4 is 0 Å². The van der Waals surface area contributed by atoms with Gasteiger partial charge in [-0.05, 0) is 29.8 Å². The molecular formula is C22H24ClN3O4S2. The maximum Gasteiger partial charge on any atom is 0.252 e. The normalized spacial score (nSPS) is 15.4. The third-order valence-electron chi connectivity index (χ3n) is 5.30. The predicted octanol–water partition coefficient (Wildman–Crippen LogP) is 3.53. The van der Waals surface area contributed by atoms with Gasteiger partial charge in [-0.1, -0.05) is 41.9 Å². The lowest BCUT2D eigenvalue weighted by Gasteiger charge is -2.35. The highest BCUT2D eigenvalue weighted by atomic mass is 35.5. The fourth-order valence-electron chi connectivity index (χ4n) is 3.66. The zero-order valence-electron chi connectivity index (χ0n) is 17.4. The fraction of sp³-hybridized carbons (Fsp3) is 0.318. The van der Waals surface area contributed by atoms with E-state index in [1.807, 2.05) is 47.4 Å². The second-order valence-corrected chi connectivity index (χ2v) is 11.4. The Morgan fingerprint density at radius 1 is 1.00 bits per heavy atom. The summed E-state index contributed by atoms with van der Waals surface area (Å²) in [4.78, 5) is 16.8. The first-order chi connectivity index (χ1) is 15.4. The molecule has 0 radical (unpaired) electrons. The van der Waals surface area contributed by atoms with E-state index in [0.29, 0.717) is 30.5 Å². The largest absolute Gasteiger partial charge is 0.468 e. The van der Waals surface area contributed by atoms with Gasteiger partial charge in [0.1, 0.15) is 9.97 Å². The van der Waals surface area contributed by atoms with Crippen molar-refractivity contribution in [1.29, 1.82) is 0 Å². The lowest BCUT2D eigenvalue weighted by molar-refractivity contribution is -0.134. The molecule has 1 aromatic carbocycles. The zero-order chi connectivity index (χ0) is 22.6. The van der Waals surface area contributed by atoms with Gasteiger partial charge in [-0.3, -0.25) is 9.69 Å². The summed E-state index contributed by atoms with van der Waals surface area (Å²) >= 11 is 6.94. The third-order valence-corrected chi connectivity index (χ3v) is 8.90. The molecule has 0 unspecified atom stereocenters. The number of hydrogen-bond donors (Lipinski definition) is 0. The smallest absolute Gasteiger partial charge is 0.252 e. The maximum absolute atomic E-state index is 13.0. The average molecular weight is 494 g/mol. The highest BCUT2D eigenvalue weighted by Crippen LogP contribution is 2.28. The number of hydrogen-bond acceptors (Lipinski definition) is 6. The molecule has 0 bridgehead atoms. The van der Waals surface area contributed by atoms with Gasteiger partial charge in [-0.2, -0.15) is 4.31 Å². The van der Waals surface area contributed by atoms with Crippen molar-refractivity contribution in [1.82, 2.24) is 14.1 Å². The quantitative estimate of drug-likeness (QED) is 0.480. The number of furan rings is 1. The van der Waals surface area contributed by atoms with E-state index >= 15 is 0 Å². The molecule has 3 heterocycles. The minimum absolute atomic E-state index is 0.0243. The molecule has 1 fully saturated rings. The number of benzene rings is 1. The molecule has 3 aromatic rings. The van der Waals surface area contributed by atoms with Crippen molar-refractivity contribution in [3.63, 3.8) is 0 Å². The molecule has 170 valence electrons. The Labute approximate surface area is 196 Å². The summed E-state index contributed by atoms with van der Waals surface area (Å²) in [6, 6.07) is 16.8. The van der Waals surface area contributed by atoms with Crippen molar-refractivity contribution in [2.45, 2.75) is 17.3 Å². The fourth-order valence-corrected chi connectivity index (χ4v) is 6.72. The molecule has 7 nitrogen and oxygen atoms in total. The summed E-state index contributed by atoms with van der Waals surface area (Å²) in [5, 5.41) is 0. The summed E-state index contributed by atoms with van der Waals surface area (Å²) in [5.74, 6) is 0.767. The van der Waals surface area contributed by atoms with Crippen LogP contribution >= 0.6 is 22.9 Å². The first-order valence-corrected chi connectivity index (χ1v) is 12.9. The van der Waals surface area contributed by atoms with Crippen LogP contribution in [0.3, 0.4) is 0 Å². The molecule has 0 saturated carbocycles. The van der Waals surface area contributed by atoms with Crippen LogP contribution in [0.1, 0.15) is 11.3 Å². The molecule has 1 amide bonds. The number of piperazine rings is 1. The highest BCUT2D eigenvalue weighted by molar-refractivity contribution is 7.91. The lowest BCUT2D eigenvalue weighted by Crippen LogP contribution is -2.52. The number of sulfonamides is 1. The summed E-state index contributed by atoms with van der Waals surface area (Å²) < 4.78 is 33.1. The van der Waals surface area contributed by atoms with Crippen molar-refractivity contribution in [3.8, 4) is 0 Å². The number of rotatable bonds is 8. The number of carbonyl (C=O) groups excluding carboxylic acids is 1. The zero-order valence-corrected chi connectivity index (χ0v) is 19.8. The summed E-state index contributed by atoms with van der Waals surface area (Å²) in [5.41, 5.74) is 1.11. The van der Waals surface area contributed by atoms with Crippen LogP contribution in [0.5, 0.6) is 0 Å². The van der Waals surface area contributed by atoms with Gasteiger partial charge in [0.05, 0.1) is 23.7 Å². The van der Waals surface area contributed by atoms with E-state index < -0.39 is 10.0 Å². The van der Waals surface area contributed by atoms with Gasteiger partial charge in [0, 0.05) is 32.7 Å². The third kappa shape index (κ3) is 5.60. The van der Waals surface area contributed by atoms with Gasteiger partial charge in [0.2, 0.25) is 5.91 Å². The Balaban J connectivity index is 1.37. The summed E-state index contributed by atoms with van der Waals surface area (Å²) in [6.07, 6.45) is 1.62. The van der Waals surface area contributed by atoms with Crippen molar-refractivity contribution in [3.05, 3.63) is 76.5 Å². The van der Waals surface area contributed by atoms with E-state index in [-0.39, 0.29) is 29.8 Å². The Morgan fingerprint density at radius 3 is 2.38 bits per heavy atom. The molecule has 10 heteroatoms. The second kappa shape index (κ2) is 10.2. The second-order valence-electron chi connectivity index (χ2n) is 7.55. The summed E-state index contributed by atoms with van der Waals surface area (Å²) in [6.45, 7) is 2.60. The van der Waals surface area contributed by atoms with E-state index in [0.717, 1.165) is 22.7 Å². The average Bonchev–Trinajstić information content (AvgIpc) is 3.46. The minimum atomic E-state index is -3.58. The number of carbonyl (C=O) groups is 1. The van der Waals surface area contributed by atoms with E-state index in [1.165, 1.54) is 10.4 Å². The van der Waals surface area contributed by atoms with Gasteiger partial charge in [0.25, 0.3) is 10.0 Å². The van der Waals surface area contributed by atoms with Crippen molar-refractivity contribution < 1.29 is 17.6 Å². The maximum atomic E-state index is 13.0. The molecule has 0 spiro atoms. The molecule has 1 saturated heterocycles. The molecule has 0 N–H and O–H groups in total. The van der Waals surface area contributed by atoms with Gasteiger partial charge < -0.3 is 9.32 Å². The lowest BCUT2D eigenvalue weighted by atomic mass is 10.2. The SMILES string of the molecule is O=C(CN(Cc1ccccc1)Cc1ccco1)N1CCN(S(=O)(=O)c2ccc(Cl)s2)CC1. The van der Waals surface area contributed by atoms with Crippen LogP contribution in [0.4, 0.5) is 0 Å². The van der Waals surface area contributed by atoms with E-state index in [1.54, 1.807) is 17.2 Å². The molecule has 32 heavy (non-hydrogen) atoms. The van der Waals surface area contributed by atoms with Crippen LogP contribution in [-0.2, 0) is 27.9 Å². The highest BCUT2D eigenvalue weighted by Gasteiger charge is 2.31. The van der Waals surface area contributed by atoms with Gasteiger partial charge >= 0.3 is 0 Å². The molecular weight excluding hydrogens is 470 g/mol. The van der Waals surface area contributed by atoms with Crippen molar-refractivity contribution >= 4 is 38.9 Å². The molecule has 2 aromatic heterocycles. The molecule has 0 atom stereocenters. The van der Waals surface area contributed by atoms with E-state index in [4.69, 9.17) is 16.0 Å². The monoisotopic (exact) mass is 493 g/mol. The van der Waals surface area contributed by atoms with Gasteiger partial charge in [-0.15, -0.1) is 11.3 Å². The first-order valence-electron chi connectivity index (χ1n) is 10.2. The molecule has 0 aliphatic carbocycles. The van der Waals surface area contributed by atoms with E-state index in [2.05, 4.69) is 0 Å². The molecule has 1 aliphatic rings. The predicted molar refractivity (Wildman–Crippen MR) is 124 cm³/mol. The topological polar surface area (TPSA) is 74.1 Å². The Hall–Kier alpha value is -2.17. The minimum Gasteiger partial charge on any atom is -0.468 e. The van der Waals surface area contributed by atoms with Gasteiger partial charge in [0.15, 0.2) is 0 Å². The number of halogens is 1. The number of amides is 1. The number of nitrogens with zero attached hydrogens (tertiary/aromatic N) is 3. The van der Waals surface area contributed by atoms with Crippen LogP contribution in [0.25, 0.3) is 0 Å². The van der Waals surface area contributed by atoms with Crippen LogP contribution in [0.2, 0.25) is 4.34 Å². The Kier molecular flexibility index (Phi) is 7.32. The standard InChI is InChI=1S/C22H24ClN3O4S2/c23-20-8-9-22(31-20)32(28,29)26-12-10-25(11-13-26)21(27)17-24(16-19-7-4-14-30-19)15-18-5-2-1-3-6-18/h1-9,14H,10-13,15-17H2. The molecule has 4 rings (SSSR count). The van der Waals surface area contributed by atoms with Crippen LogP contribution in [0, 0.1) is 0 Å². The Bertz CT molecular complexity index is 1130. The van der Waals surface area contributed by atoms with E-state index in [9.17, 15) is 13.2 Å². The van der Waals surface area contributed by atoms with Crippen molar-refractivity contribution in [2.24, 2.45) is 0 Å². The summed E-state index contributed by atoms with van der Waals surface area (Å²) in [7, 11) is -3.58. The van der Waals surface area contributed by atoms with Crippen molar-refractivity contribution in [2.75, 3.05) is 32.7 Å². The van der Waals surface area contributed by atoms with Gasteiger partial charge in [-0.25, -0.2) is 8.42 Å². The molecule has 1 aliphatic heterocycles. The van der Waals surface area contributed by atoms with Crippen LogP contribution in [-0.4, -0.2) is 61.2 Å². The Morgan fingerprint density at radius 2 is 1.75 bits per heavy atom. The first kappa shape index (κ1) is 23.0.